The summed E-state index contributed by atoms with van der Waals surface area (Å²) < 4.78 is 11.0. The lowest BCUT2D eigenvalue weighted by atomic mass is 9.99. The van der Waals surface area contributed by atoms with Crippen molar-refractivity contribution in [3.63, 3.8) is 0 Å². The average molecular weight is 546 g/mol. The highest BCUT2D eigenvalue weighted by Crippen LogP contribution is 2.29. The summed E-state index contributed by atoms with van der Waals surface area (Å²) in [7, 11) is 1.64. The third-order valence-electron chi connectivity index (χ3n) is 7.38. The minimum Gasteiger partial charge on any atom is -0.497 e. The first-order valence-corrected chi connectivity index (χ1v) is 13.9. The molecule has 1 aromatic carbocycles. The predicted octanol–water partition coefficient (Wildman–Crippen LogP) is 4.68. The molecule has 9 heteroatoms. The van der Waals surface area contributed by atoms with Crippen molar-refractivity contribution in [1.82, 2.24) is 25.2 Å². The number of hydrogen-bond donors (Lipinski definition) is 3. The number of methoxy groups -OCH3 is 1. The first-order chi connectivity index (χ1) is 19.2. The molecule has 4 heterocycles. The molecule has 0 aliphatic carbocycles. The molecule has 1 unspecified atom stereocenters. The Morgan fingerprint density at radius 1 is 1.15 bits per heavy atom. The van der Waals surface area contributed by atoms with Crippen LogP contribution in [0.2, 0.25) is 0 Å². The highest BCUT2D eigenvalue weighted by molar-refractivity contribution is 5.84. The fourth-order valence-corrected chi connectivity index (χ4v) is 5.45. The Bertz CT molecular complexity index is 1420. The molecule has 0 saturated carbocycles. The predicted molar refractivity (Wildman–Crippen MR) is 155 cm³/mol. The van der Waals surface area contributed by atoms with Gasteiger partial charge in [-0.15, -0.1) is 0 Å². The molecule has 212 valence electrons. The standard InChI is InChI=1S/C31H39N5O4/c1-31(2,3)40-29(38)18-27(26-16-20-6-5-12-33-30(20)35-26)34-21-10-14-36(15-11-21)19-28(37)23-9-13-32-25-8-7-22(39-4)17-24(23)25/h5-9,12-13,16-17,21,27-28,34,37H,10-11,14-15,18-19H2,1-4H3,(H,33,35)/t27?,28-/m0/s1. The number of carbonyl (C=O) groups is 1. The zero-order chi connectivity index (χ0) is 28.3. The number of nitrogens with zero attached hydrogens (tertiary/aromatic N) is 3. The lowest BCUT2D eigenvalue weighted by Crippen LogP contribution is -2.45. The Morgan fingerprint density at radius 2 is 1.95 bits per heavy atom. The van der Waals surface area contributed by atoms with E-state index in [2.05, 4.69) is 31.2 Å². The summed E-state index contributed by atoms with van der Waals surface area (Å²) in [6, 6.07) is 13.6. The van der Waals surface area contributed by atoms with E-state index >= 15 is 0 Å². The minimum absolute atomic E-state index is 0.218. The first kappa shape index (κ1) is 28.0. The smallest absolute Gasteiger partial charge is 0.308 e. The van der Waals surface area contributed by atoms with Gasteiger partial charge in [-0.05, 0) is 94.7 Å². The van der Waals surface area contributed by atoms with Crippen molar-refractivity contribution in [3.05, 3.63) is 66.1 Å². The molecule has 1 aliphatic rings. The van der Waals surface area contributed by atoms with Gasteiger partial charge in [-0.3, -0.25) is 9.78 Å². The topological polar surface area (TPSA) is 113 Å². The molecule has 40 heavy (non-hydrogen) atoms. The van der Waals surface area contributed by atoms with E-state index in [1.54, 1.807) is 19.5 Å². The molecule has 9 nitrogen and oxygen atoms in total. The van der Waals surface area contributed by atoms with E-state index in [0.717, 1.165) is 64.9 Å². The lowest BCUT2D eigenvalue weighted by Gasteiger charge is -2.35. The molecule has 4 aromatic rings. The first-order valence-electron chi connectivity index (χ1n) is 13.9. The van der Waals surface area contributed by atoms with Gasteiger partial charge in [-0.2, -0.15) is 0 Å². The van der Waals surface area contributed by atoms with Crippen LogP contribution in [-0.2, 0) is 9.53 Å². The van der Waals surface area contributed by atoms with Gasteiger partial charge >= 0.3 is 5.97 Å². The summed E-state index contributed by atoms with van der Waals surface area (Å²) in [6.45, 7) is 7.88. The molecule has 0 amide bonds. The number of fused-ring (bicyclic) bond motifs is 2. The normalized spacial score (nSPS) is 16.7. The fourth-order valence-electron chi connectivity index (χ4n) is 5.45. The van der Waals surface area contributed by atoms with Crippen LogP contribution in [0.3, 0.4) is 0 Å². The van der Waals surface area contributed by atoms with E-state index in [1.807, 2.05) is 57.2 Å². The number of piperidine rings is 1. The van der Waals surface area contributed by atoms with Gasteiger partial charge < -0.3 is 29.8 Å². The van der Waals surface area contributed by atoms with Gasteiger partial charge in [0.25, 0.3) is 0 Å². The zero-order valence-corrected chi connectivity index (χ0v) is 23.7. The van der Waals surface area contributed by atoms with Crippen molar-refractivity contribution in [2.75, 3.05) is 26.7 Å². The van der Waals surface area contributed by atoms with Crippen molar-refractivity contribution in [1.29, 1.82) is 0 Å². The monoisotopic (exact) mass is 545 g/mol. The molecular formula is C31H39N5O4. The number of ether oxygens (including phenoxy) is 2. The van der Waals surface area contributed by atoms with Crippen molar-refractivity contribution in [2.45, 2.75) is 63.8 Å². The number of H-pyrrole nitrogens is 1. The molecule has 1 saturated heterocycles. The summed E-state index contributed by atoms with van der Waals surface area (Å²) in [5, 5.41) is 16.8. The van der Waals surface area contributed by atoms with Gasteiger partial charge in [-0.25, -0.2) is 4.98 Å². The third-order valence-corrected chi connectivity index (χ3v) is 7.38. The molecular weight excluding hydrogens is 506 g/mol. The largest absolute Gasteiger partial charge is 0.497 e. The molecule has 3 N–H and O–H groups in total. The maximum Gasteiger partial charge on any atom is 0.308 e. The molecule has 0 spiro atoms. The SMILES string of the molecule is COc1ccc2nccc([C@@H](O)CN3CCC(NC(CC(=O)OC(C)(C)C)c4cc5cccnc5[nH]4)CC3)c2c1. The number of nitrogens with one attached hydrogen (secondary N) is 2. The molecule has 3 aromatic heterocycles. The number of aromatic nitrogens is 3. The second-order valence-electron chi connectivity index (χ2n) is 11.5. The molecule has 0 radical (unpaired) electrons. The number of rotatable bonds is 9. The van der Waals surface area contributed by atoms with E-state index in [0.29, 0.717) is 6.54 Å². The Morgan fingerprint density at radius 3 is 2.67 bits per heavy atom. The molecule has 5 rings (SSSR count). The quantitative estimate of drug-likeness (QED) is 0.260. The van der Waals surface area contributed by atoms with Gasteiger partial charge in [-0.1, -0.05) is 0 Å². The minimum atomic E-state index is -0.638. The number of hydrogen-bond acceptors (Lipinski definition) is 8. The van der Waals surface area contributed by atoms with Crippen LogP contribution in [0.5, 0.6) is 5.75 Å². The van der Waals surface area contributed by atoms with Crippen LogP contribution in [0, 0.1) is 0 Å². The zero-order valence-electron chi connectivity index (χ0n) is 23.7. The average Bonchev–Trinajstić information content (AvgIpc) is 3.36. The fraction of sp³-hybridized carbons (Fsp3) is 0.452. The summed E-state index contributed by atoms with van der Waals surface area (Å²) in [4.78, 5) is 27.3. The number of likely N-dealkylation sites (tertiary alicyclic amines) is 1. The molecule has 0 bridgehead atoms. The number of β-amino-alcohol motifs (C(OH)–C–C–N with tert-alkyl or cyclic N) is 1. The third kappa shape index (κ3) is 6.78. The number of pyridine rings is 2. The molecule has 1 aliphatic heterocycles. The van der Waals surface area contributed by atoms with E-state index in [4.69, 9.17) is 9.47 Å². The van der Waals surface area contributed by atoms with E-state index in [1.165, 1.54) is 0 Å². The molecule has 1 fully saturated rings. The second-order valence-corrected chi connectivity index (χ2v) is 11.5. The highest BCUT2D eigenvalue weighted by Gasteiger charge is 2.28. The van der Waals surface area contributed by atoms with Crippen LogP contribution < -0.4 is 10.1 Å². The number of carbonyl (C=O) groups excluding carboxylic acids is 1. The van der Waals surface area contributed by atoms with E-state index < -0.39 is 11.7 Å². The Hall–Kier alpha value is -3.53. The van der Waals surface area contributed by atoms with Crippen LogP contribution in [0.15, 0.2) is 54.9 Å². The van der Waals surface area contributed by atoms with Crippen LogP contribution in [-0.4, -0.2) is 69.3 Å². The van der Waals surface area contributed by atoms with Crippen LogP contribution in [0.25, 0.3) is 21.9 Å². The van der Waals surface area contributed by atoms with Gasteiger partial charge in [0.05, 0.1) is 31.2 Å². The van der Waals surface area contributed by atoms with Crippen molar-refractivity contribution in [3.8, 4) is 5.75 Å². The number of benzene rings is 1. The summed E-state index contributed by atoms with van der Waals surface area (Å²) in [5.41, 5.74) is 2.88. The Balaban J connectivity index is 1.23. The summed E-state index contributed by atoms with van der Waals surface area (Å²) in [5.74, 6) is 0.505. The number of aliphatic hydroxyl groups excluding tert-OH is 1. The van der Waals surface area contributed by atoms with Gasteiger partial charge in [0.15, 0.2) is 0 Å². The number of esters is 1. The maximum atomic E-state index is 12.8. The Kier molecular flexibility index (Phi) is 8.35. The van der Waals surface area contributed by atoms with Crippen molar-refractivity contribution < 1.29 is 19.4 Å². The lowest BCUT2D eigenvalue weighted by molar-refractivity contribution is -0.155. The molecule has 2 atom stereocenters. The van der Waals surface area contributed by atoms with Gasteiger partial charge in [0, 0.05) is 41.4 Å². The number of aliphatic hydroxyl groups is 1. The van der Waals surface area contributed by atoms with Crippen LogP contribution in [0.1, 0.15) is 63.4 Å². The second kappa shape index (κ2) is 11.9. The van der Waals surface area contributed by atoms with E-state index in [9.17, 15) is 9.90 Å². The highest BCUT2D eigenvalue weighted by atomic mass is 16.6. The summed E-state index contributed by atoms with van der Waals surface area (Å²) in [6.07, 6.45) is 4.90. The van der Waals surface area contributed by atoms with Gasteiger partial charge in [0.1, 0.15) is 17.0 Å². The van der Waals surface area contributed by atoms with E-state index in [-0.39, 0.29) is 24.5 Å². The number of aromatic amines is 1. The van der Waals surface area contributed by atoms with Crippen molar-refractivity contribution in [2.24, 2.45) is 0 Å². The van der Waals surface area contributed by atoms with Gasteiger partial charge in [0.2, 0.25) is 0 Å². The maximum absolute atomic E-state index is 12.8. The summed E-state index contributed by atoms with van der Waals surface area (Å²) >= 11 is 0. The Labute approximate surface area is 234 Å². The van der Waals surface area contributed by atoms with Crippen LogP contribution >= 0.6 is 0 Å². The van der Waals surface area contributed by atoms with Crippen LogP contribution in [0.4, 0.5) is 0 Å². The van der Waals surface area contributed by atoms with Crippen molar-refractivity contribution >= 4 is 27.9 Å².